The van der Waals surface area contributed by atoms with Crippen LogP contribution >= 0.6 is 0 Å². The Morgan fingerprint density at radius 1 is 1.12 bits per heavy atom. The van der Waals surface area contributed by atoms with Gasteiger partial charge in [0.05, 0.1) is 12.3 Å². The number of aryl methyl sites for hydroxylation is 1. The zero-order valence-electron chi connectivity index (χ0n) is 14.2. The van der Waals surface area contributed by atoms with Gasteiger partial charge in [-0.2, -0.15) is 0 Å². The molecule has 0 aliphatic carbocycles. The monoisotopic (exact) mass is 332 g/mol. The zero-order valence-corrected chi connectivity index (χ0v) is 14.2. The van der Waals surface area contributed by atoms with Gasteiger partial charge < -0.3 is 10.5 Å². The highest BCUT2D eigenvalue weighted by Gasteiger charge is 2.15. The molecule has 0 unspecified atom stereocenters. The summed E-state index contributed by atoms with van der Waals surface area (Å²) in [5.74, 6) is -0.147. The SMILES string of the molecule is Cc1ccc(/C=N\O)cc1C(=O)N[C@H](C)c1cccc2ccccc12. The second kappa shape index (κ2) is 7.18. The number of rotatable bonds is 4. The van der Waals surface area contributed by atoms with E-state index < -0.39 is 0 Å². The average Bonchev–Trinajstić information content (AvgIpc) is 2.63. The summed E-state index contributed by atoms with van der Waals surface area (Å²) >= 11 is 0. The third-order valence-electron chi connectivity index (χ3n) is 4.35. The van der Waals surface area contributed by atoms with Gasteiger partial charge in [0.25, 0.3) is 5.91 Å². The number of carbonyl (C=O) groups excluding carboxylic acids is 1. The summed E-state index contributed by atoms with van der Waals surface area (Å²) in [6, 6.07) is 19.5. The van der Waals surface area contributed by atoms with Crippen LogP contribution in [0.2, 0.25) is 0 Å². The van der Waals surface area contributed by atoms with Crippen LogP contribution in [0.5, 0.6) is 0 Å². The van der Waals surface area contributed by atoms with Crippen molar-refractivity contribution in [3.8, 4) is 0 Å². The van der Waals surface area contributed by atoms with Crippen molar-refractivity contribution < 1.29 is 10.0 Å². The lowest BCUT2D eigenvalue weighted by molar-refractivity contribution is 0.0939. The molecule has 3 aromatic carbocycles. The van der Waals surface area contributed by atoms with Gasteiger partial charge in [0, 0.05) is 5.56 Å². The lowest BCUT2D eigenvalue weighted by Gasteiger charge is -2.17. The molecule has 0 bridgehead atoms. The Morgan fingerprint density at radius 2 is 1.88 bits per heavy atom. The molecule has 126 valence electrons. The Balaban J connectivity index is 1.89. The van der Waals surface area contributed by atoms with Crippen LogP contribution in [0, 0.1) is 6.92 Å². The fourth-order valence-corrected chi connectivity index (χ4v) is 3.01. The summed E-state index contributed by atoms with van der Waals surface area (Å²) in [5, 5.41) is 17.1. The molecule has 0 aliphatic rings. The first-order chi connectivity index (χ1) is 12.1. The maximum absolute atomic E-state index is 12.7. The maximum atomic E-state index is 12.7. The molecule has 0 saturated heterocycles. The molecule has 1 amide bonds. The molecule has 0 saturated carbocycles. The molecular formula is C21H20N2O2. The highest BCUT2D eigenvalue weighted by atomic mass is 16.4. The molecule has 3 aromatic rings. The van der Waals surface area contributed by atoms with Gasteiger partial charge in [-0.25, -0.2) is 0 Å². The number of oxime groups is 1. The standard InChI is InChI=1S/C21H20N2O2/c1-14-10-11-16(13-22-25)12-20(14)21(24)23-15(2)18-9-5-7-17-6-3-4-8-19(17)18/h3-13,15,25H,1-2H3,(H,23,24)/b22-13-/t15-/m1/s1. The highest BCUT2D eigenvalue weighted by molar-refractivity contribution is 5.98. The van der Waals surface area contributed by atoms with Crippen LogP contribution < -0.4 is 5.32 Å². The quantitative estimate of drug-likeness (QED) is 0.421. The van der Waals surface area contributed by atoms with E-state index in [1.165, 1.54) is 6.21 Å². The molecule has 4 heteroatoms. The van der Waals surface area contributed by atoms with E-state index in [9.17, 15) is 4.79 Å². The molecule has 25 heavy (non-hydrogen) atoms. The molecule has 0 radical (unpaired) electrons. The predicted octanol–water partition coefficient (Wildman–Crippen LogP) is 4.45. The second-order valence-corrected chi connectivity index (χ2v) is 6.08. The summed E-state index contributed by atoms with van der Waals surface area (Å²) < 4.78 is 0. The third-order valence-corrected chi connectivity index (χ3v) is 4.35. The minimum absolute atomic E-state index is 0.131. The van der Waals surface area contributed by atoms with Crippen molar-refractivity contribution in [3.63, 3.8) is 0 Å². The molecule has 2 N–H and O–H groups in total. The van der Waals surface area contributed by atoms with Gasteiger partial charge in [-0.1, -0.05) is 59.8 Å². The van der Waals surface area contributed by atoms with Crippen LogP contribution in [-0.2, 0) is 0 Å². The van der Waals surface area contributed by atoms with Gasteiger partial charge in [0.15, 0.2) is 0 Å². The zero-order chi connectivity index (χ0) is 17.8. The Hall–Kier alpha value is -3.14. The molecule has 0 aromatic heterocycles. The summed E-state index contributed by atoms with van der Waals surface area (Å²) in [6.07, 6.45) is 1.31. The summed E-state index contributed by atoms with van der Waals surface area (Å²) in [6.45, 7) is 3.87. The number of carbonyl (C=O) groups is 1. The molecule has 0 fully saturated rings. The van der Waals surface area contributed by atoms with Crippen molar-refractivity contribution >= 4 is 22.9 Å². The second-order valence-electron chi connectivity index (χ2n) is 6.08. The fourth-order valence-electron chi connectivity index (χ4n) is 3.01. The number of nitrogens with zero attached hydrogens (tertiary/aromatic N) is 1. The van der Waals surface area contributed by atoms with Gasteiger partial charge in [-0.05, 0) is 47.4 Å². The van der Waals surface area contributed by atoms with Crippen LogP contribution in [-0.4, -0.2) is 17.3 Å². The van der Waals surface area contributed by atoms with Gasteiger partial charge in [0.2, 0.25) is 0 Å². The van der Waals surface area contributed by atoms with E-state index in [0.717, 1.165) is 21.9 Å². The van der Waals surface area contributed by atoms with E-state index in [-0.39, 0.29) is 11.9 Å². The largest absolute Gasteiger partial charge is 0.411 e. The van der Waals surface area contributed by atoms with Crippen molar-refractivity contribution in [2.75, 3.05) is 0 Å². The van der Waals surface area contributed by atoms with E-state index >= 15 is 0 Å². The molecule has 0 heterocycles. The first-order valence-electron chi connectivity index (χ1n) is 8.17. The van der Waals surface area contributed by atoms with E-state index in [4.69, 9.17) is 5.21 Å². The van der Waals surface area contributed by atoms with Gasteiger partial charge in [-0.15, -0.1) is 0 Å². The molecule has 1 atom stereocenters. The first-order valence-corrected chi connectivity index (χ1v) is 8.17. The lowest BCUT2D eigenvalue weighted by atomic mass is 9.99. The predicted molar refractivity (Wildman–Crippen MR) is 100 cm³/mol. The van der Waals surface area contributed by atoms with Crippen molar-refractivity contribution in [2.24, 2.45) is 5.16 Å². The van der Waals surface area contributed by atoms with Crippen molar-refractivity contribution in [1.29, 1.82) is 0 Å². The molecular weight excluding hydrogens is 312 g/mol. The highest BCUT2D eigenvalue weighted by Crippen LogP contribution is 2.24. The molecule has 0 spiro atoms. The number of nitrogens with one attached hydrogen (secondary N) is 1. The van der Waals surface area contributed by atoms with Gasteiger partial charge >= 0.3 is 0 Å². The minimum atomic E-state index is -0.147. The Morgan fingerprint density at radius 3 is 2.68 bits per heavy atom. The van der Waals surface area contributed by atoms with Crippen LogP contribution in [0.1, 0.15) is 40.0 Å². The van der Waals surface area contributed by atoms with E-state index in [0.29, 0.717) is 11.1 Å². The molecule has 0 aliphatic heterocycles. The van der Waals surface area contributed by atoms with Gasteiger partial charge in [0.1, 0.15) is 0 Å². The van der Waals surface area contributed by atoms with E-state index in [1.54, 1.807) is 12.1 Å². The van der Waals surface area contributed by atoms with Crippen LogP contribution in [0.3, 0.4) is 0 Å². The summed E-state index contributed by atoms with van der Waals surface area (Å²) in [5.41, 5.74) is 3.20. The summed E-state index contributed by atoms with van der Waals surface area (Å²) in [4.78, 5) is 12.7. The Labute approximate surface area is 146 Å². The normalized spacial score (nSPS) is 12.4. The Kier molecular flexibility index (Phi) is 4.80. The van der Waals surface area contributed by atoms with Crippen LogP contribution in [0.15, 0.2) is 65.8 Å². The number of benzene rings is 3. The van der Waals surface area contributed by atoms with E-state index in [1.807, 2.05) is 44.2 Å². The molecule has 3 rings (SSSR count). The number of hydrogen-bond donors (Lipinski definition) is 2. The topological polar surface area (TPSA) is 61.7 Å². The smallest absolute Gasteiger partial charge is 0.252 e. The lowest BCUT2D eigenvalue weighted by Crippen LogP contribution is -2.27. The third kappa shape index (κ3) is 3.53. The first kappa shape index (κ1) is 16.7. The molecule has 4 nitrogen and oxygen atoms in total. The fraction of sp³-hybridized carbons (Fsp3) is 0.143. The van der Waals surface area contributed by atoms with Crippen molar-refractivity contribution in [1.82, 2.24) is 5.32 Å². The van der Waals surface area contributed by atoms with Gasteiger partial charge in [-0.3, -0.25) is 4.79 Å². The minimum Gasteiger partial charge on any atom is -0.411 e. The number of amides is 1. The summed E-state index contributed by atoms with van der Waals surface area (Å²) in [7, 11) is 0. The van der Waals surface area contributed by atoms with Crippen molar-refractivity contribution in [2.45, 2.75) is 19.9 Å². The Bertz CT molecular complexity index is 942. The maximum Gasteiger partial charge on any atom is 0.252 e. The average molecular weight is 332 g/mol. The van der Waals surface area contributed by atoms with Crippen molar-refractivity contribution in [3.05, 3.63) is 82.9 Å². The van der Waals surface area contributed by atoms with E-state index in [2.05, 4.69) is 28.7 Å². The van der Waals surface area contributed by atoms with Crippen LogP contribution in [0.4, 0.5) is 0 Å². The number of fused-ring (bicyclic) bond motifs is 1. The number of hydrogen-bond acceptors (Lipinski definition) is 3. The van der Waals surface area contributed by atoms with Crippen LogP contribution in [0.25, 0.3) is 10.8 Å².